The van der Waals surface area contributed by atoms with Gasteiger partial charge in [0.1, 0.15) is 12.4 Å². The molecule has 1 saturated heterocycles. The number of anilines is 1. The number of alkyl carbamates (subject to hydrolysis) is 1. The van der Waals surface area contributed by atoms with Crippen LogP contribution in [0, 0.1) is 0 Å². The third-order valence-corrected chi connectivity index (χ3v) is 6.25. The van der Waals surface area contributed by atoms with E-state index in [1.807, 2.05) is 42.5 Å². The standard InChI is InChI=1S/C25H24N6O5/c1-35-25(34)27-13-22(33)31-10-2-3-20(31)24-26-12-19(29-24)16-6-4-15(5-7-16)17-8-9-21-18(11-17)23(28-14-32)30-36-21/h4-9,11-12,14,20H,2-3,10,13H2,1H3,(H,26,29)(H,27,34)(H,28,30,32). The van der Waals surface area contributed by atoms with Crippen molar-refractivity contribution in [1.29, 1.82) is 0 Å². The normalized spacial score (nSPS) is 15.1. The molecule has 0 radical (unpaired) electrons. The SMILES string of the molecule is COC(=O)NCC(=O)N1CCCC1c1ncc(-c2ccc(-c3ccc4onc(NC=O)c4c3)cc2)[nH]1. The number of fused-ring (bicyclic) bond motifs is 1. The maximum atomic E-state index is 12.6. The smallest absolute Gasteiger partial charge is 0.407 e. The Kier molecular flexibility index (Phi) is 6.35. The van der Waals surface area contributed by atoms with Gasteiger partial charge in [0, 0.05) is 6.54 Å². The molecule has 3 N–H and O–H groups in total. The highest BCUT2D eigenvalue weighted by Gasteiger charge is 2.32. The molecule has 2 aromatic carbocycles. The summed E-state index contributed by atoms with van der Waals surface area (Å²) in [7, 11) is 1.26. The Hall–Kier alpha value is -4.67. The molecule has 2 aromatic heterocycles. The number of imidazole rings is 1. The maximum Gasteiger partial charge on any atom is 0.407 e. The Balaban J connectivity index is 1.31. The van der Waals surface area contributed by atoms with Crippen LogP contribution >= 0.6 is 0 Å². The number of carbonyl (C=O) groups excluding carboxylic acids is 3. The van der Waals surface area contributed by atoms with E-state index in [0.29, 0.717) is 30.2 Å². The van der Waals surface area contributed by atoms with E-state index >= 15 is 0 Å². The van der Waals surface area contributed by atoms with Crippen molar-refractivity contribution in [3.8, 4) is 22.4 Å². The van der Waals surface area contributed by atoms with Gasteiger partial charge in [-0.2, -0.15) is 0 Å². The van der Waals surface area contributed by atoms with E-state index < -0.39 is 6.09 Å². The first-order valence-electron chi connectivity index (χ1n) is 11.4. The number of aromatic amines is 1. The Labute approximate surface area is 205 Å². The van der Waals surface area contributed by atoms with Gasteiger partial charge in [0.2, 0.25) is 12.3 Å². The van der Waals surface area contributed by atoms with Crippen LogP contribution in [0.15, 0.2) is 53.2 Å². The summed E-state index contributed by atoms with van der Waals surface area (Å²) in [5.41, 5.74) is 4.33. The topological polar surface area (TPSA) is 142 Å². The van der Waals surface area contributed by atoms with E-state index in [0.717, 1.165) is 40.6 Å². The average molecular weight is 489 g/mol. The monoisotopic (exact) mass is 488 g/mol. The van der Waals surface area contributed by atoms with Gasteiger partial charge in [0.05, 0.1) is 30.4 Å². The summed E-state index contributed by atoms with van der Waals surface area (Å²) in [6.07, 6.45) is 3.35. The van der Waals surface area contributed by atoms with Gasteiger partial charge < -0.3 is 29.8 Å². The lowest BCUT2D eigenvalue weighted by atomic mass is 10.0. The van der Waals surface area contributed by atoms with E-state index in [-0.39, 0.29) is 18.5 Å². The molecule has 4 aromatic rings. The minimum Gasteiger partial charge on any atom is -0.453 e. The molecule has 11 heteroatoms. The number of benzene rings is 2. The van der Waals surface area contributed by atoms with E-state index in [1.165, 1.54) is 7.11 Å². The van der Waals surface area contributed by atoms with Gasteiger partial charge in [-0.1, -0.05) is 35.5 Å². The second-order valence-corrected chi connectivity index (χ2v) is 8.35. The predicted octanol–water partition coefficient (Wildman–Crippen LogP) is 3.47. The molecular weight excluding hydrogens is 464 g/mol. The van der Waals surface area contributed by atoms with Crippen LogP contribution in [0.4, 0.5) is 10.6 Å². The van der Waals surface area contributed by atoms with Crippen molar-refractivity contribution >= 4 is 35.2 Å². The summed E-state index contributed by atoms with van der Waals surface area (Å²) in [6.45, 7) is 0.489. The number of rotatable bonds is 7. The van der Waals surface area contributed by atoms with Gasteiger partial charge in [-0.05, 0) is 41.7 Å². The number of carbonyl (C=O) groups is 3. The summed E-state index contributed by atoms with van der Waals surface area (Å²) < 4.78 is 9.77. The molecule has 5 rings (SSSR count). The molecule has 1 fully saturated rings. The molecule has 11 nitrogen and oxygen atoms in total. The zero-order valence-electron chi connectivity index (χ0n) is 19.5. The van der Waals surface area contributed by atoms with E-state index in [4.69, 9.17) is 4.52 Å². The fourth-order valence-electron chi connectivity index (χ4n) is 4.44. The maximum absolute atomic E-state index is 12.6. The number of hydrogen-bond donors (Lipinski definition) is 3. The van der Waals surface area contributed by atoms with Crippen molar-refractivity contribution in [3.63, 3.8) is 0 Å². The van der Waals surface area contributed by atoms with Crippen LogP contribution in [0.1, 0.15) is 24.7 Å². The first-order chi connectivity index (χ1) is 17.6. The molecule has 3 heterocycles. The third kappa shape index (κ3) is 4.50. The highest BCUT2D eigenvalue weighted by Crippen LogP contribution is 2.33. The second-order valence-electron chi connectivity index (χ2n) is 8.35. The number of nitrogens with zero attached hydrogens (tertiary/aromatic N) is 3. The Bertz CT molecular complexity index is 1410. The summed E-state index contributed by atoms with van der Waals surface area (Å²) in [5.74, 6) is 0.914. The zero-order valence-corrected chi connectivity index (χ0v) is 19.5. The van der Waals surface area contributed by atoms with Crippen LogP contribution in [0.25, 0.3) is 33.4 Å². The Morgan fingerprint density at radius 1 is 1.19 bits per heavy atom. The molecule has 0 bridgehead atoms. The van der Waals surface area contributed by atoms with Gasteiger partial charge in [-0.3, -0.25) is 9.59 Å². The molecule has 1 unspecified atom stereocenters. The number of ether oxygens (including phenoxy) is 1. The number of likely N-dealkylation sites (tertiary alicyclic amines) is 1. The fourth-order valence-corrected chi connectivity index (χ4v) is 4.44. The van der Waals surface area contributed by atoms with Crippen molar-refractivity contribution in [1.82, 2.24) is 25.3 Å². The van der Waals surface area contributed by atoms with Crippen LogP contribution < -0.4 is 10.6 Å². The van der Waals surface area contributed by atoms with Crippen molar-refractivity contribution in [2.45, 2.75) is 18.9 Å². The van der Waals surface area contributed by atoms with E-state index in [1.54, 1.807) is 11.1 Å². The average Bonchev–Trinajstić information content (AvgIpc) is 3.67. The molecule has 184 valence electrons. The first kappa shape index (κ1) is 23.1. The fraction of sp³-hybridized carbons (Fsp3) is 0.240. The lowest BCUT2D eigenvalue weighted by Gasteiger charge is -2.23. The molecule has 1 atom stereocenters. The molecule has 36 heavy (non-hydrogen) atoms. The van der Waals surface area contributed by atoms with Crippen LogP contribution in [-0.2, 0) is 14.3 Å². The summed E-state index contributed by atoms with van der Waals surface area (Å²) in [6, 6.07) is 13.5. The van der Waals surface area contributed by atoms with Crippen LogP contribution in [-0.4, -0.2) is 58.6 Å². The molecule has 0 aliphatic carbocycles. The summed E-state index contributed by atoms with van der Waals surface area (Å²) in [4.78, 5) is 44.3. The van der Waals surface area contributed by atoms with Crippen molar-refractivity contribution < 1.29 is 23.6 Å². The second kappa shape index (κ2) is 9.90. The van der Waals surface area contributed by atoms with Crippen molar-refractivity contribution in [2.75, 3.05) is 25.5 Å². The van der Waals surface area contributed by atoms with Crippen molar-refractivity contribution in [3.05, 3.63) is 54.5 Å². The van der Waals surface area contributed by atoms with Gasteiger partial charge >= 0.3 is 6.09 Å². The number of aromatic nitrogens is 3. The van der Waals surface area contributed by atoms with Crippen LogP contribution in [0.3, 0.4) is 0 Å². The van der Waals surface area contributed by atoms with Crippen molar-refractivity contribution in [2.24, 2.45) is 0 Å². The van der Waals surface area contributed by atoms with Gasteiger partial charge in [0.15, 0.2) is 11.4 Å². The van der Waals surface area contributed by atoms with Gasteiger partial charge in [0.25, 0.3) is 0 Å². The molecule has 1 aliphatic heterocycles. The molecule has 1 aliphatic rings. The molecule has 3 amide bonds. The summed E-state index contributed by atoms with van der Waals surface area (Å²) >= 11 is 0. The molecule has 0 spiro atoms. The first-order valence-corrected chi connectivity index (χ1v) is 11.4. The number of methoxy groups -OCH3 is 1. The number of nitrogens with one attached hydrogen (secondary N) is 3. The van der Waals surface area contributed by atoms with E-state index in [2.05, 4.69) is 30.5 Å². The van der Waals surface area contributed by atoms with Crippen LogP contribution in [0.2, 0.25) is 0 Å². The zero-order chi connectivity index (χ0) is 25.1. The molecule has 0 saturated carbocycles. The Morgan fingerprint density at radius 2 is 1.97 bits per heavy atom. The number of amides is 3. The highest BCUT2D eigenvalue weighted by molar-refractivity contribution is 5.95. The van der Waals surface area contributed by atoms with Gasteiger partial charge in [-0.15, -0.1) is 0 Å². The van der Waals surface area contributed by atoms with Crippen LogP contribution in [0.5, 0.6) is 0 Å². The summed E-state index contributed by atoms with van der Waals surface area (Å²) in [5, 5.41) is 9.57. The predicted molar refractivity (Wildman–Crippen MR) is 131 cm³/mol. The largest absolute Gasteiger partial charge is 0.453 e. The van der Waals surface area contributed by atoms with E-state index in [9.17, 15) is 14.4 Å². The minimum absolute atomic E-state index is 0.119. The lowest BCUT2D eigenvalue weighted by molar-refractivity contribution is -0.131. The highest BCUT2D eigenvalue weighted by atomic mass is 16.5. The third-order valence-electron chi connectivity index (χ3n) is 6.25. The number of H-pyrrole nitrogens is 1. The van der Waals surface area contributed by atoms with Gasteiger partial charge in [-0.25, -0.2) is 9.78 Å². The molecular formula is C25H24N6O5. The lowest BCUT2D eigenvalue weighted by Crippen LogP contribution is -2.40. The Morgan fingerprint density at radius 3 is 2.75 bits per heavy atom. The number of hydrogen-bond acceptors (Lipinski definition) is 7. The minimum atomic E-state index is -0.637. The quantitative estimate of drug-likeness (QED) is 0.338.